The van der Waals surface area contributed by atoms with E-state index in [4.69, 9.17) is 15.0 Å². The average Bonchev–Trinajstić information content (AvgIpc) is 3.38. The predicted molar refractivity (Wildman–Crippen MR) is 263 cm³/mol. The van der Waals surface area contributed by atoms with Gasteiger partial charge >= 0.3 is 0 Å². The van der Waals surface area contributed by atoms with E-state index in [1.54, 1.807) is 12.4 Å². The van der Waals surface area contributed by atoms with Crippen LogP contribution in [0.25, 0.3) is 122 Å². The summed E-state index contributed by atoms with van der Waals surface area (Å²) in [4.78, 5) is 24.3. The third-order valence-electron chi connectivity index (χ3n) is 12.3. The molecular formula is C59H37N5. The van der Waals surface area contributed by atoms with E-state index in [2.05, 4.69) is 198 Å². The molecule has 0 aliphatic carbocycles. The lowest BCUT2D eigenvalue weighted by atomic mass is 9.84. The minimum Gasteiger partial charge on any atom is -0.264 e. The van der Waals surface area contributed by atoms with Gasteiger partial charge in [-0.2, -0.15) is 0 Å². The fourth-order valence-corrected chi connectivity index (χ4v) is 9.08. The van der Waals surface area contributed by atoms with Gasteiger partial charge in [-0.25, -0.2) is 15.0 Å². The van der Waals surface area contributed by atoms with Crippen LogP contribution in [0.5, 0.6) is 0 Å². The van der Waals surface area contributed by atoms with Gasteiger partial charge in [0.1, 0.15) is 0 Å². The van der Waals surface area contributed by atoms with Gasteiger partial charge < -0.3 is 0 Å². The van der Waals surface area contributed by atoms with Crippen molar-refractivity contribution in [3.63, 3.8) is 0 Å². The molecule has 0 bridgehead atoms. The molecule has 0 amide bonds. The molecule has 64 heavy (non-hydrogen) atoms. The smallest absolute Gasteiger partial charge is 0.164 e. The van der Waals surface area contributed by atoms with Crippen molar-refractivity contribution in [2.24, 2.45) is 0 Å². The summed E-state index contributed by atoms with van der Waals surface area (Å²) in [5.74, 6) is 1.79. The quantitative estimate of drug-likeness (QED) is 0.150. The predicted octanol–water partition coefficient (Wildman–Crippen LogP) is 14.9. The van der Waals surface area contributed by atoms with E-state index in [9.17, 15) is 0 Å². The van der Waals surface area contributed by atoms with Crippen molar-refractivity contribution in [2.45, 2.75) is 0 Å². The standard InChI is InChI=1S/C59H37N5/c1-3-11-44-33-46(27-21-38(44)9-1)55-51-15-5-6-16-52(51)56(47-28-22-39-10-2-4-12-45(39)34-47)54-35-48(29-30-53(54)55)59-63-57(42-23-17-40(18-24-42)49-13-7-31-60-36-49)62-58(64-59)43-25-19-41(20-26-43)50-14-8-32-61-37-50/h1-37H. The first-order valence-corrected chi connectivity index (χ1v) is 21.5. The largest absolute Gasteiger partial charge is 0.264 e. The highest BCUT2D eigenvalue weighted by Crippen LogP contribution is 2.46. The normalized spacial score (nSPS) is 11.4. The Kier molecular flexibility index (Phi) is 9.08. The Labute approximate surface area is 370 Å². The molecule has 0 aliphatic rings. The van der Waals surface area contributed by atoms with E-state index >= 15 is 0 Å². The maximum absolute atomic E-state index is 5.25. The molecule has 0 unspecified atom stereocenters. The average molecular weight is 816 g/mol. The Balaban J connectivity index is 1.09. The Morgan fingerprint density at radius 2 is 0.625 bits per heavy atom. The molecule has 0 N–H and O–H groups in total. The molecule has 12 rings (SSSR count). The van der Waals surface area contributed by atoms with Crippen LogP contribution in [0.3, 0.4) is 0 Å². The van der Waals surface area contributed by atoms with Gasteiger partial charge in [-0.3, -0.25) is 9.97 Å². The lowest BCUT2D eigenvalue weighted by Gasteiger charge is -2.19. The molecule has 298 valence electrons. The van der Waals surface area contributed by atoms with E-state index in [1.807, 2.05) is 24.5 Å². The van der Waals surface area contributed by atoms with E-state index < -0.39 is 0 Å². The van der Waals surface area contributed by atoms with Gasteiger partial charge in [-0.15, -0.1) is 0 Å². The summed E-state index contributed by atoms with van der Waals surface area (Å²) in [6.45, 7) is 0. The molecule has 3 aromatic heterocycles. The summed E-state index contributed by atoms with van der Waals surface area (Å²) in [5, 5.41) is 9.50. The molecule has 5 nitrogen and oxygen atoms in total. The summed E-state index contributed by atoms with van der Waals surface area (Å²) >= 11 is 0. The second-order valence-electron chi connectivity index (χ2n) is 16.1. The van der Waals surface area contributed by atoms with Gasteiger partial charge in [0.05, 0.1) is 0 Å². The van der Waals surface area contributed by atoms with Crippen LogP contribution >= 0.6 is 0 Å². The zero-order valence-electron chi connectivity index (χ0n) is 34.6. The maximum atomic E-state index is 5.25. The molecule has 0 radical (unpaired) electrons. The van der Waals surface area contributed by atoms with Gasteiger partial charge in [0.25, 0.3) is 0 Å². The minimum atomic E-state index is 0.597. The van der Waals surface area contributed by atoms with Crippen molar-refractivity contribution in [3.8, 4) is 78.7 Å². The first-order chi connectivity index (χ1) is 31.7. The molecular weight excluding hydrogens is 779 g/mol. The summed E-state index contributed by atoms with van der Waals surface area (Å²) in [5.41, 5.74) is 11.6. The van der Waals surface area contributed by atoms with E-state index in [-0.39, 0.29) is 0 Å². The van der Waals surface area contributed by atoms with Crippen molar-refractivity contribution in [2.75, 3.05) is 0 Å². The lowest BCUT2D eigenvalue weighted by Crippen LogP contribution is -2.00. The van der Waals surface area contributed by atoms with Gasteiger partial charge in [0.2, 0.25) is 0 Å². The molecule has 0 saturated carbocycles. The second kappa shape index (κ2) is 15.7. The lowest BCUT2D eigenvalue weighted by molar-refractivity contribution is 1.07. The maximum Gasteiger partial charge on any atom is 0.164 e. The fraction of sp³-hybridized carbons (Fsp3) is 0. The molecule has 0 aliphatic heterocycles. The Hall–Kier alpha value is -8.67. The number of aromatic nitrogens is 5. The third-order valence-corrected chi connectivity index (χ3v) is 12.3. The number of rotatable bonds is 7. The highest BCUT2D eigenvalue weighted by atomic mass is 15.0. The van der Waals surface area contributed by atoms with Crippen molar-refractivity contribution >= 4 is 43.1 Å². The molecule has 12 aromatic rings. The summed E-state index contributed by atoms with van der Waals surface area (Å²) in [6.07, 6.45) is 7.34. The summed E-state index contributed by atoms with van der Waals surface area (Å²) in [7, 11) is 0. The summed E-state index contributed by atoms with van der Waals surface area (Å²) < 4.78 is 0. The first-order valence-electron chi connectivity index (χ1n) is 21.5. The number of fused-ring (bicyclic) bond motifs is 4. The number of hydrogen-bond donors (Lipinski definition) is 0. The number of nitrogens with zero attached hydrogens (tertiary/aromatic N) is 5. The molecule has 0 spiro atoms. The number of hydrogen-bond acceptors (Lipinski definition) is 5. The zero-order valence-corrected chi connectivity index (χ0v) is 34.6. The van der Waals surface area contributed by atoms with Crippen LogP contribution in [0.2, 0.25) is 0 Å². The second-order valence-corrected chi connectivity index (χ2v) is 16.1. The fourth-order valence-electron chi connectivity index (χ4n) is 9.08. The van der Waals surface area contributed by atoms with Crippen molar-refractivity contribution in [1.29, 1.82) is 0 Å². The first kappa shape index (κ1) is 37.1. The van der Waals surface area contributed by atoms with Crippen molar-refractivity contribution in [1.82, 2.24) is 24.9 Å². The molecule has 9 aromatic carbocycles. The van der Waals surface area contributed by atoms with Gasteiger partial charge in [-0.1, -0.05) is 170 Å². The van der Waals surface area contributed by atoms with Gasteiger partial charge in [-0.05, 0) is 118 Å². The Bertz CT molecular complexity index is 3600. The SMILES string of the molecule is c1cncc(-c2ccc(-c3nc(-c4ccc(-c5cccnc5)cc4)nc(-c4ccc5c(-c6ccc7ccccc7c6)c6ccccc6c(-c6ccc7ccccc7c6)c5c4)n3)cc2)c1. The minimum absolute atomic E-state index is 0.597. The monoisotopic (exact) mass is 815 g/mol. The van der Waals surface area contributed by atoms with Crippen molar-refractivity contribution in [3.05, 3.63) is 225 Å². The van der Waals surface area contributed by atoms with E-state index in [0.717, 1.165) is 55.3 Å². The molecule has 3 heterocycles. The van der Waals surface area contributed by atoms with Crippen LogP contribution in [-0.4, -0.2) is 24.9 Å². The van der Waals surface area contributed by atoms with Crippen LogP contribution in [0.4, 0.5) is 0 Å². The number of pyridine rings is 2. The Morgan fingerprint density at radius 3 is 1.11 bits per heavy atom. The Morgan fingerprint density at radius 1 is 0.234 bits per heavy atom. The van der Waals surface area contributed by atoms with E-state index in [0.29, 0.717) is 17.5 Å². The molecule has 5 heteroatoms. The van der Waals surface area contributed by atoms with Crippen LogP contribution in [0.1, 0.15) is 0 Å². The summed E-state index contributed by atoms with van der Waals surface area (Å²) in [6, 6.07) is 71.1. The van der Waals surface area contributed by atoms with Crippen LogP contribution in [0, 0.1) is 0 Å². The highest BCUT2D eigenvalue weighted by Gasteiger charge is 2.20. The third kappa shape index (κ3) is 6.73. The molecule has 0 fully saturated rings. The van der Waals surface area contributed by atoms with Crippen LogP contribution < -0.4 is 0 Å². The molecule has 0 atom stereocenters. The van der Waals surface area contributed by atoms with Crippen LogP contribution in [0.15, 0.2) is 225 Å². The van der Waals surface area contributed by atoms with Gasteiger partial charge in [0.15, 0.2) is 17.5 Å². The van der Waals surface area contributed by atoms with Crippen LogP contribution in [-0.2, 0) is 0 Å². The highest BCUT2D eigenvalue weighted by molar-refractivity contribution is 6.22. The topological polar surface area (TPSA) is 64.5 Å². The number of benzene rings is 9. The zero-order chi connectivity index (χ0) is 42.4. The van der Waals surface area contributed by atoms with Crippen molar-refractivity contribution < 1.29 is 0 Å². The molecule has 0 saturated heterocycles. The van der Waals surface area contributed by atoms with Gasteiger partial charge in [0, 0.05) is 41.5 Å². The van der Waals surface area contributed by atoms with E-state index in [1.165, 1.54) is 49.0 Å².